The third-order valence-electron chi connectivity index (χ3n) is 7.77. The highest BCUT2D eigenvalue weighted by molar-refractivity contribution is 6.13. The van der Waals surface area contributed by atoms with Crippen LogP contribution in [0.3, 0.4) is 0 Å². The molecule has 0 saturated heterocycles. The van der Waals surface area contributed by atoms with Crippen molar-refractivity contribution in [3.05, 3.63) is 77.6 Å². The molecule has 5 rings (SSSR count). The molecule has 43 heavy (non-hydrogen) atoms. The summed E-state index contributed by atoms with van der Waals surface area (Å²) in [4.78, 5) is 40.8. The molecule has 3 N–H and O–H groups in total. The quantitative estimate of drug-likeness (QED) is 0.235. The van der Waals surface area contributed by atoms with E-state index < -0.39 is 6.04 Å². The van der Waals surface area contributed by atoms with Crippen LogP contribution in [0.15, 0.2) is 65.1 Å². The molecule has 2 amide bonds. The second-order valence-electron chi connectivity index (χ2n) is 10.2. The molecule has 0 radical (unpaired) electrons. The smallest absolute Gasteiger partial charge is 0.255 e. The number of nitrogens with zero attached hydrogens (tertiary/aromatic N) is 1. The highest BCUT2D eigenvalue weighted by atomic mass is 19.1. The zero-order valence-corrected chi connectivity index (χ0v) is 25.0. The van der Waals surface area contributed by atoms with Crippen LogP contribution in [-0.4, -0.2) is 56.0 Å². The summed E-state index contributed by atoms with van der Waals surface area (Å²) >= 11 is 0. The summed E-state index contributed by atoms with van der Waals surface area (Å²) in [6.07, 6.45) is 2.94. The van der Waals surface area contributed by atoms with Crippen LogP contribution >= 0.6 is 0 Å². The Morgan fingerprint density at radius 3 is 2.35 bits per heavy atom. The summed E-state index contributed by atoms with van der Waals surface area (Å²) in [6, 6.07) is 16.5. The van der Waals surface area contributed by atoms with Gasteiger partial charge in [0.15, 0.2) is 5.78 Å². The lowest BCUT2D eigenvalue weighted by atomic mass is 9.93. The number of rotatable bonds is 8. The molecular weight excluding hydrogens is 549 g/mol. The third-order valence-corrected chi connectivity index (χ3v) is 7.77. The SMILES string of the molecule is CCN(CC)c1cc2oc(-c3ccc(F)cc3)c(C(=O)NC)c2cc1-c1cccc(C(=O)NC2CCCCC2=O)c1.CO. The maximum atomic E-state index is 13.7. The Labute approximate surface area is 250 Å². The first-order valence-corrected chi connectivity index (χ1v) is 14.6. The van der Waals surface area contributed by atoms with Crippen LogP contribution in [0.1, 0.15) is 60.2 Å². The molecule has 1 aliphatic carbocycles. The minimum atomic E-state index is -0.451. The highest BCUT2D eigenvalue weighted by Crippen LogP contribution is 2.41. The molecule has 3 aromatic carbocycles. The molecule has 9 heteroatoms. The van der Waals surface area contributed by atoms with Crippen molar-refractivity contribution >= 4 is 34.3 Å². The van der Waals surface area contributed by atoms with Gasteiger partial charge in [0.05, 0.1) is 11.6 Å². The van der Waals surface area contributed by atoms with Crippen molar-refractivity contribution in [3.8, 4) is 22.5 Å². The summed E-state index contributed by atoms with van der Waals surface area (Å²) in [7, 11) is 2.56. The lowest BCUT2D eigenvalue weighted by Crippen LogP contribution is -2.42. The van der Waals surface area contributed by atoms with Crippen LogP contribution in [0, 0.1) is 5.82 Å². The number of halogens is 1. The molecular formula is C34H38FN3O5. The minimum Gasteiger partial charge on any atom is -0.455 e. The Kier molecular flexibility index (Phi) is 10.3. The first-order valence-electron chi connectivity index (χ1n) is 14.6. The summed E-state index contributed by atoms with van der Waals surface area (Å²) in [5.41, 5.74) is 4.44. The fourth-order valence-corrected chi connectivity index (χ4v) is 5.55. The van der Waals surface area contributed by atoms with Crippen LogP contribution < -0.4 is 15.5 Å². The highest BCUT2D eigenvalue weighted by Gasteiger charge is 2.26. The van der Waals surface area contributed by atoms with Gasteiger partial charge in [0.1, 0.15) is 17.2 Å². The fourth-order valence-electron chi connectivity index (χ4n) is 5.55. The lowest BCUT2D eigenvalue weighted by molar-refractivity contribution is -0.122. The van der Waals surface area contributed by atoms with Gasteiger partial charge in [0.25, 0.3) is 11.8 Å². The number of aliphatic hydroxyl groups is 1. The van der Waals surface area contributed by atoms with Gasteiger partial charge in [-0.05, 0) is 74.7 Å². The van der Waals surface area contributed by atoms with Crippen molar-refractivity contribution in [2.75, 3.05) is 32.1 Å². The first-order chi connectivity index (χ1) is 20.8. The van der Waals surface area contributed by atoms with Crippen molar-refractivity contribution in [2.45, 2.75) is 45.6 Å². The van der Waals surface area contributed by atoms with E-state index in [2.05, 4.69) is 29.4 Å². The minimum absolute atomic E-state index is 0.0775. The molecule has 0 aliphatic heterocycles. The summed E-state index contributed by atoms with van der Waals surface area (Å²) in [5.74, 6) is -0.560. The predicted octanol–water partition coefficient (Wildman–Crippen LogP) is 5.96. The monoisotopic (exact) mass is 587 g/mol. The molecule has 8 nitrogen and oxygen atoms in total. The molecule has 1 fully saturated rings. The van der Waals surface area contributed by atoms with Gasteiger partial charge in [0, 0.05) is 67.5 Å². The van der Waals surface area contributed by atoms with Crippen molar-refractivity contribution in [1.82, 2.24) is 10.6 Å². The molecule has 1 heterocycles. The molecule has 4 aromatic rings. The van der Waals surface area contributed by atoms with E-state index in [1.54, 1.807) is 25.2 Å². The van der Waals surface area contributed by atoms with Gasteiger partial charge in [-0.3, -0.25) is 14.4 Å². The summed E-state index contributed by atoms with van der Waals surface area (Å²) in [5, 5.41) is 13.2. The second-order valence-corrected chi connectivity index (χ2v) is 10.2. The van der Waals surface area contributed by atoms with Crippen molar-refractivity contribution in [3.63, 3.8) is 0 Å². The Morgan fingerprint density at radius 2 is 1.70 bits per heavy atom. The van der Waals surface area contributed by atoms with Gasteiger partial charge in [-0.25, -0.2) is 4.39 Å². The number of ketones is 1. The number of fused-ring (bicyclic) bond motifs is 1. The van der Waals surface area contributed by atoms with Gasteiger partial charge >= 0.3 is 0 Å². The molecule has 1 aromatic heterocycles. The van der Waals surface area contributed by atoms with Crippen LogP contribution in [-0.2, 0) is 4.79 Å². The molecule has 1 atom stereocenters. The Balaban J connectivity index is 0.00000207. The number of hydrogen-bond donors (Lipinski definition) is 3. The van der Waals surface area contributed by atoms with E-state index in [1.165, 1.54) is 12.1 Å². The third kappa shape index (κ3) is 6.62. The predicted molar refractivity (Wildman–Crippen MR) is 167 cm³/mol. The average Bonchev–Trinajstić information content (AvgIpc) is 3.42. The van der Waals surface area contributed by atoms with E-state index in [0.717, 1.165) is 49.9 Å². The number of Topliss-reactive ketones (excluding diaryl/α,β-unsaturated/α-hetero) is 1. The summed E-state index contributed by atoms with van der Waals surface area (Å²) in [6.45, 7) is 5.58. The number of anilines is 1. The second kappa shape index (κ2) is 14.1. The topological polar surface area (TPSA) is 112 Å². The van der Waals surface area contributed by atoms with Crippen molar-refractivity contribution in [2.24, 2.45) is 0 Å². The largest absolute Gasteiger partial charge is 0.455 e. The number of carbonyl (C=O) groups excluding carboxylic acids is 3. The van der Waals surface area contributed by atoms with Gasteiger partial charge in [-0.2, -0.15) is 0 Å². The number of amides is 2. The number of nitrogens with one attached hydrogen (secondary N) is 2. The number of aliphatic hydroxyl groups excluding tert-OH is 1. The van der Waals surface area contributed by atoms with E-state index in [1.807, 2.05) is 30.3 Å². The van der Waals surface area contributed by atoms with Crippen LogP contribution in [0.4, 0.5) is 10.1 Å². The number of furan rings is 1. The van der Waals surface area contributed by atoms with Crippen molar-refractivity contribution in [1.29, 1.82) is 0 Å². The normalized spacial score (nSPS) is 14.6. The number of carbonyl (C=O) groups is 3. The zero-order valence-electron chi connectivity index (χ0n) is 25.0. The molecule has 1 saturated carbocycles. The summed E-state index contributed by atoms with van der Waals surface area (Å²) < 4.78 is 19.9. The molecule has 1 unspecified atom stereocenters. The van der Waals surface area contributed by atoms with E-state index in [4.69, 9.17) is 9.52 Å². The molecule has 0 spiro atoms. The molecule has 0 bridgehead atoms. The van der Waals surface area contributed by atoms with E-state index in [9.17, 15) is 18.8 Å². The van der Waals surface area contributed by atoms with Crippen LogP contribution in [0.5, 0.6) is 0 Å². The Bertz CT molecular complexity index is 1610. The lowest BCUT2D eigenvalue weighted by Gasteiger charge is -2.25. The number of benzene rings is 3. The van der Waals surface area contributed by atoms with Crippen LogP contribution in [0.25, 0.3) is 33.4 Å². The average molecular weight is 588 g/mol. The van der Waals surface area contributed by atoms with Crippen LogP contribution in [0.2, 0.25) is 0 Å². The van der Waals surface area contributed by atoms with Crippen molar-refractivity contribution < 1.29 is 28.3 Å². The Hall–Kier alpha value is -4.50. The maximum absolute atomic E-state index is 13.7. The molecule has 226 valence electrons. The number of hydrogen-bond acceptors (Lipinski definition) is 6. The van der Waals surface area contributed by atoms with E-state index in [-0.39, 0.29) is 23.4 Å². The van der Waals surface area contributed by atoms with Gasteiger partial charge in [0.2, 0.25) is 0 Å². The van der Waals surface area contributed by atoms with Gasteiger partial charge in [-0.1, -0.05) is 18.6 Å². The van der Waals surface area contributed by atoms with Gasteiger partial charge in [-0.15, -0.1) is 0 Å². The fraction of sp³-hybridized carbons (Fsp3) is 0.324. The Morgan fingerprint density at radius 1 is 0.977 bits per heavy atom. The van der Waals surface area contributed by atoms with E-state index >= 15 is 0 Å². The van der Waals surface area contributed by atoms with E-state index in [0.29, 0.717) is 46.3 Å². The maximum Gasteiger partial charge on any atom is 0.255 e. The standard InChI is InChI=1S/C33H34FN3O4.CH4O/c1-4-37(5-2)27-19-29-25(30(33(40)35-3)31(41-29)20-13-15-23(34)16-14-20)18-24(27)21-9-8-10-22(17-21)32(39)36-26-11-6-7-12-28(26)38;1-2/h8-10,13-19,26H,4-7,11-12H2,1-3H3,(H,35,40)(H,36,39);2H,1H3. The first kappa shape index (κ1) is 31.4. The zero-order chi connectivity index (χ0) is 31.1. The van der Waals surface area contributed by atoms with Gasteiger partial charge < -0.3 is 25.1 Å². The molecule has 1 aliphatic rings.